The van der Waals surface area contributed by atoms with Crippen LogP contribution in [0.15, 0.2) is 23.3 Å². The number of rotatable bonds is 8. The van der Waals surface area contributed by atoms with Crippen LogP contribution in [0.5, 0.6) is 5.88 Å². The summed E-state index contributed by atoms with van der Waals surface area (Å²) in [5, 5.41) is 3.43. The molecule has 170 valence electrons. The van der Waals surface area contributed by atoms with Gasteiger partial charge in [-0.2, -0.15) is 0 Å². The van der Waals surface area contributed by atoms with Crippen LogP contribution in [0.1, 0.15) is 51.5 Å². The molecule has 0 radical (unpaired) electrons. The number of piperidine rings is 1. The molecule has 8 heteroatoms. The van der Waals surface area contributed by atoms with Crippen molar-refractivity contribution in [2.24, 2.45) is 4.99 Å². The number of pyridine rings is 1. The Hall–Kier alpha value is -1.13. The Bertz CT molecular complexity index is 633. The molecule has 0 saturated carbocycles. The molecule has 2 fully saturated rings. The van der Waals surface area contributed by atoms with Crippen molar-refractivity contribution in [1.82, 2.24) is 15.2 Å². The van der Waals surface area contributed by atoms with Crippen LogP contribution in [0.2, 0.25) is 0 Å². The summed E-state index contributed by atoms with van der Waals surface area (Å²) in [6.07, 6.45) is 7.99. The number of ether oxygens (including phenoxy) is 3. The molecule has 0 amide bonds. The summed E-state index contributed by atoms with van der Waals surface area (Å²) in [4.78, 5) is 11.5. The molecule has 3 heterocycles. The van der Waals surface area contributed by atoms with Crippen LogP contribution in [-0.2, 0) is 16.0 Å². The van der Waals surface area contributed by atoms with Gasteiger partial charge >= 0.3 is 0 Å². The quantitative estimate of drug-likeness (QED) is 0.314. The molecule has 2 aliphatic rings. The topological polar surface area (TPSA) is 68.2 Å². The molecular formula is C22H37IN4O3. The first-order valence-corrected chi connectivity index (χ1v) is 11.1. The number of guanidine groups is 1. The van der Waals surface area contributed by atoms with Crippen molar-refractivity contribution in [3.8, 4) is 5.88 Å². The number of hydrogen-bond acceptors (Lipinski definition) is 5. The van der Waals surface area contributed by atoms with E-state index in [2.05, 4.69) is 22.1 Å². The molecule has 1 aromatic heterocycles. The van der Waals surface area contributed by atoms with Gasteiger partial charge in [0.05, 0.1) is 32.0 Å². The highest BCUT2D eigenvalue weighted by Crippen LogP contribution is 2.19. The van der Waals surface area contributed by atoms with Crippen molar-refractivity contribution in [2.75, 3.05) is 39.5 Å². The van der Waals surface area contributed by atoms with Crippen LogP contribution in [0, 0.1) is 0 Å². The number of aromatic nitrogens is 1. The van der Waals surface area contributed by atoms with Gasteiger partial charge in [0.25, 0.3) is 0 Å². The van der Waals surface area contributed by atoms with Gasteiger partial charge in [-0.1, -0.05) is 6.07 Å². The smallest absolute Gasteiger partial charge is 0.218 e. The standard InChI is InChI=1S/C22H36N4O3.HI/c1-3-23-22(25-16-18-8-7-12-24-21(18)27-4-2)26-13-10-19(11-14-26)29-17-20-9-5-6-15-28-20;/h7-8,12,19-20H,3-6,9-11,13-17H2,1-2H3,(H,23,25);1H. The van der Waals surface area contributed by atoms with Crippen LogP contribution in [-0.4, -0.2) is 67.5 Å². The van der Waals surface area contributed by atoms with Crippen molar-refractivity contribution in [2.45, 2.75) is 64.7 Å². The van der Waals surface area contributed by atoms with Crippen LogP contribution in [0.4, 0.5) is 0 Å². The normalized spacial score (nSPS) is 20.5. The van der Waals surface area contributed by atoms with E-state index in [1.54, 1.807) is 6.20 Å². The van der Waals surface area contributed by atoms with Gasteiger partial charge < -0.3 is 24.4 Å². The summed E-state index contributed by atoms with van der Waals surface area (Å²) in [5.41, 5.74) is 1.01. The SMILES string of the molecule is CCNC(=NCc1cccnc1OCC)N1CCC(OCC2CCCCO2)CC1.I. The van der Waals surface area contributed by atoms with E-state index in [4.69, 9.17) is 19.2 Å². The molecule has 0 aromatic carbocycles. The Morgan fingerprint density at radius 2 is 2.10 bits per heavy atom. The van der Waals surface area contributed by atoms with Crippen molar-refractivity contribution < 1.29 is 14.2 Å². The van der Waals surface area contributed by atoms with Gasteiger partial charge in [-0.15, -0.1) is 24.0 Å². The van der Waals surface area contributed by atoms with Crippen LogP contribution >= 0.6 is 24.0 Å². The largest absolute Gasteiger partial charge is 0.478 e. The third-order valence-corrected chi connectivity index (χ3v) is 5.40. The average molecular weight is 532 g/mol. The van der Waals surface area contributed by atoms with Gasteiger partial charge in [0, 0.05) is 38.0 Å². The fourth-order valence-corrected chi connectivity index (χ4v) is 3.81. The molecule has 0 spiro atoms. The lowest BCUT2D eigenvalue weighted by atomic mass is 10.1. The van der Waals surface area contributed by atoms with E-state index >= 15 is 0 Å². The maximum absolute atomic E-state index is 6.15. The number of aliphatic imine (C=N–C) groups is 1. The van der Waals surface area contributed by atoms with Crippen molar-refractivity contribution in [3.05, 3.63) is 23.9 Å². The van der Waals surface area contributed by atoms with Crippen LogP contribution in [0.25, 0.3) is 0 Å². The number of halogens is 1. The molecule has 1 aromatic rings. The molecule has 0 aliphatic carbocycles. The van der Waals surface area contributed by atoms with Gasteiger partial charge in [0.1, 0.15) is 0 Å². The third-order valence-electron chi connectivity index (χ3n) is 5.40. The minimum absolute atomic E-state index is 0. The molecule has 0 bridgehead atoms. The van der Waals surface area contributed by atoms with Gasteiger partial charge in [-0.3, -0.25) is 0 Å². The van der Waals surface area contributed by atoms with Crippen molar-refractivity contribution in [3.63, 3.8) is 0 Å². The zero-order valence-corrected chi connectivity index (χ0v) is 20.7. The Morgan fingerprint density at radius 1 is 1.27 bits per heavy atom. The molecular weight excluding hydrogens is 495 g/mol. The predicted octanol–water partition coefficient (Wildman–Crippen LogP) is 3.61. The summed E-state index contributed by atoms with van der Waals surface area (Å²) >= 11 is 0. The number of nitrogens with zero attached hydrogens (tertiary/aromatic N) is 3. The van der Waals surface area contributed by atoms with Crippen molar-refractivity contribution in [1.29, 1.82) is 0 Å². The van der Waals surface area contributed by atoms with Gasteiger partial charge in [-0.25, -0.2) is 9.98 Å². The van der Waals surface area contributed by atoms with Gasteiger partial charge in [-0.05, 0) is 52.0 Å². The zero-order chi connectivity index (χ0) is 20.3. The van der Waals surface area contributed by atoms with E-state index in [0.29, 0.717) is 31.2 Å². The molecule has 7 nitrogen and oxygen atoms in total. The molecule has 1 unspecified atom stereocenters. The summed E-state index contributed by atoms with van der Waals surface area (Å²) in [6.45, 7) is 9.61. The fraction of sp³-hybridized carbons (Fsp3) is 0.727. The molecule has 3 rings (SSSR count). The number of hydrogen-bond donors (Lipinski definition) is 1. The Labute approximate surface area is 198 Å². The first kappa shape index (κ1) is 25.1. The molecule has 1 atom stereocenters. The number of nitrogens with one attached hydrogen (secondary N) is 1. The Morgan fingerprint density at radius 3 is 2.80 bits per heavy atom. The zero-order valence-electron chi connectivity index (χ0n) is 18.3. The summed E-state index contributed by atoms with van der Waals surface area (Å²) in [7, 11) is 0. The summed E-state index contributed by atoms with van der Waals surface area (Å²) in [6, 6.07) is 3.96. The van der Waals surface area contributed by atoms with E-state index in [-0.39, 0.29) is 24.0 Å². The van der Waals surface area contributed by atoms with Crippen LogP contribution in [0.3, 0.4) is 0 Å². The molecule has 1 N–H and O–H groups in total. The Balaban J connectivity index is 0.00000320. The second-order valence-electron chi connectivity index (χ2n) is 7.58. The van der Waals surface area contributed by atoms with Crippen LogP contribution < -0.4 is 10.1 Å². The second kappa shape index (κ2) is 14.0. The molecule has 30 heavy (non-hydrogen) atoms. The lowest BCUT2D eigenvalue weighted by Crippen LogP contribution is -2.47. The Kier molecular flexibility index (Phi) is 11.8. The first-order chi connectivity index (χ1) is 14.3. The highest BCUT2D eigenvalue weighted by Gasteiger charge is 2.23. The molecule has 2 saturated heterocycles. The lowest BCUT2D eigenvalue weighted by Gasteiger charge is -2.35. The predicted molar refractivity (Wildman–Crippen MR) is 130 cm³/mol. The fourth-order valence-electron chi connectivity index (χ4n) is 3.81. The lowest BCUT2D eigenvalue weighted by molar-refractivity contribution is -0.0721. The summed E-state index contributed by atoms with van der Waals surface area (Å²) in [5.74, 6) is 1.62. The number of likely N-dealkylation sites (tertiary alicyclic amines) is 1. The summed E-state index contributed by atoms with van der Waals surface area (Å²) < 4.78 is 17.6. The minimum Gasteiger partial charge on any atom is -0.478 e. The van der Waals surface area contributed by atoms with E-state index in [1.807, 2.05) is 19.1 Å². The van der Waals surface area contributed by atoms with Gasteiger partial charge in [0.15, 0.2) is 5.96 Å². The van der Waals surface area contributed by atoms with E-state index < -0.39 is 0 Å². The highest BCUT2D eigenvalue weighted by molar-refractivity contribution is 14.0. The third kappa shape index (κ3) is 7.85. The van der Waals surface area contributed by atoms with E-state index in [0.717, 1.165) is 63.6 Å². The maximum atomic E-state index is 6.15. The average Bonchev–Trinajstić information content (AvgIpc) is 2.77. The van der Waals surface area contributed by atoms with E-state index in [1.165, 1.54) is 12.8 Å². The molecule has 2 aliphatic heterocycles. The monoisotopic (exact) mass is 532 g/mol. The van der Waals surface area contributed by atoms with Gasteiger partial charge in [0.2, 0.25) is 5.88 Å². The maximum Gasteiger partial charge on any atom is 0.218 e. The van der Waals surface area contributed by atoms with E-state index in [9.17, 15) is 0 Å². The van der Waals surface area contributed by atoms with Crippen molar-refractivity contribution >= 4 is 29.9 Å². The minimum atomic E-state index is 0. The second-order valence-corrected chi connectivity index (χ2v) is 7.58. The highest BCUT2D eigenvalue weighted by atomic mass is 127. The first-order valence-electron chi connectivity index (χ1n) is 11.1.